The van der Waals surface area contributed by atoms with Gasteiger partial charge in [0.15, 0.2) is 5.76 Å². The Kier molecular flexibility index (Phi) is 5.03. The first-order valence-electron chi connectivity index (χ1n) is 8.14. The summed E-state index contributed by atoms with van der Waals surface area (Å²) in [5.41, 5.74) is 2.36. The van der Waals surface area contributed by atoms with E-state index < -0.39 is 15.9 Å². The lowest BCUT2D eigenvalue weighted by Crippen LogP contribution is -2.22. The molecule has 0 aliphatic rings. The number of hydrogen-bond acceptors (Lipinski definition) is 4. The number of rotatable bonds is 4. The molecule has 0 saturated carbocycles. The molecule has 0 aliphatic heterocycles. The Morgan fingerprint density at radius 2 is 1.81 bits per heavy atom. The van der Waals surface area contributed by atoms with Crippen LogP contribution in [0.1, 0.15) is 21.7 Å². The van der Waals surface area contributed by atoms with Gasteiger partial charge in [-0.3, -0.25) is 4.79 Å². The first kappa shape index (κ1) is 19.4. The lowest BCUT2D eigenvalue weighted by atomic mass is 10.1. The van der Waals surface area contributed by atoms with E-state index in [1.807, 2.05) is 0 Å². The monoisotopic (exact) mass is 406 g/mol. The second-order valence-electron chi connectivity index (χ2n) is 6.41. The number of carbonyl (C=O) groups is 1. The van der Waals surface area contributed by atoms with E-state index >= 15 is 0 Å². The van der Waals surface area contributed by atoms with E-state index in [9.17, 15) is 13.2 Å². The minimum atomic E-state index is -3.61. The van der Waals surface area contributed by atoms with Gasteiger partial charge in [-0.1, -0.05) is 17.7 Å². The molecule has 6 nitrogen and oxygen atoms in total. The van der Waals surface area contributed by atoms with Crippen LogP contribution in [0.4, 0.5) is 5.69 Å². The fourth-order valence-electron chi connectivity index (χ4n) is 2.70. The standard InChI is InChI=1S/C19H19ClN2O4S/c1-11-5-7-14(27(24,25)22(3)4)10-16(11)21-19(23)18-12(2)15-9-13(20)6-8-17(15)26-18/h5-10H,1-4H3,(H,21,23). The summed E-state index contributed by atoms with van der Waals surface area (Å²) in [6.45, 7) is 3.56. The topological polar surface area (TPSA) is 79.6 Å². The molecule has 0 saturated heterocycles. The number of carbonyl (C=O) groups excluding carboxylic acids is 1. The van der Waals surface area contributed by atoms with Gasteiger partial charge in [-0.2, -0.15) is 0 Å². The van der Waals surface area contributed by atoms with Crippen LogP contribution < -0.4 is 5.32 Å². The lowest BCUT2D eigenvalue weighted by Gasteiger charge is -2.14. The van der Waals surface area contributed by atoms with Gasteiger partial charge in [-0.05, 0) is 49.7 Å². The van der Waals surface area contributed by atoms with Crippen molar-refractivity contribution in [3.63, 3.8) is 0 Å². The molecule has 1 aromatic heterocycles. The van der Waals surface area contributed by atoms with Crippen molar-refractivity contribution in [1.82, 2.24) is 4.31 Å². The van der Waals surface area contributed by atoms with Crippen molar-refractivity contribution in [2.75, 3.05) is 19.4 Å². The Morgan fingerprint density at radius 1 is 1.11 bits per heavy atom. The van der Waals surface area contributed by atoms with E-state index in [0.29, 0.717) is 21.9 Å². The van der Waals surface area contributed by atoms with Gasteiger partial charge in [0.05, 0.1) is 4.90 Å². The quantitative estimate of drug-likeness (QED) is 0.703. The molecule has 0 spiro atoms. The number of nitrogens with one attached hydrogen (secondary N) is 1. The molecule has 142 valence electrons. The third-order valence-corrected chi connectivity index (χ3v) is 6.39. The smallest absolute Gasteiger partial charge is 0.291 e. The third kappa shape index (κ3) is 3.58. The summed E-state index contributed by atoms with van der Waals surface area (Å²) in [6, 6.07) is 9.73. The second-order valence-corrected chi connectivity index (χ2v) is 9.00. The predicted octanol–water partition coefficient (Wildman–Crippen LogP) is 4.21. The predicted molar refractivity (Wildman–Crippen MR) is 106 cm³/mol. The molecule has 8 heteroatoms. The highest BCUT2D eigenvalue weighted by Gasteiger charge is 2.21. The Labute approximate surface area is 162 Å². The van der Waals surface area contributed by atoms with Crippen molar-refractivity contribution in [2.45, 2.75) is 18.7 Å². The molecule has 0 fully saturated rings. The van der Waals surface area contributed by atoms with Gasteiger partial charge in [0.1, 0.15) is 5.58 Å². The molecular weight excluding hydrogens is 388 g/mol. The summed E-state index contributed by atoms with van der Waals surface area (Å²) in [5.74, 6) is -0.296. The summed E-state index contributed by atoms with van der Waals surface area (Å²) in [7, 11) is -0.697. The van der Waals surface area contributed by atoms with Crippen LogP contribution in [0.2, 0.25) is 5.02 Å². The molecular formula is C19H19ClN2O4S. The van der Waals surface area contributed by atoms with Gasteiger partial charge in [0, 0.05) is 35.8 Å². The van der Waals surface area contributed by atoms with Crippen molar-refractivity contribution in [3.8, 4) is 0 Å². The second kappa shape index (κ2) is 6.99. The van der Waals surface area contributed by atoms with Crippen molar-refractivity contribution in [3.05, 3.63) is 58.3 Å². The summed E-state index contributed by atoms with van der Waals surface area (Å²) in [4.78, 5) is 12.8. The number of sulfonamides is 1. The average molecular weight is 407 g/mol. The van der Waals surface area contributed by atoms with Crippen LogP contribution in [0.5, 0.6) is 0 Å². The number of anilines is 1. The van der Waals surface area contributed by atoms with Gasteiger partial charge < -0.3 is 9.73 Å². The minimum Gasteiger partial charge on any atom is -0.451 e. The Balaban J connectivity index is 1.98. The molecule has 1 amide bonds. The zero-order valence-corrected chi connectivity index (χ0v) is 16.9. The molecule has 3 rings (SSSR count). The molecule has 0 unspecified atom stereocenters. The van der Waals surface area contributed by atoms with Gasteiger partial charge in [0.2, 0.25) is 10.0 Å². The lowest BCUT2D eigenvalue weighted by molar-refractivity contribution is 0.0997. The number of amides is 1. The fraction of sp³-hybridized carbons (Fsp3) is 0.211. The summed E-state index contributed by atoms with van der Waals surface area (Å²) < 4.78 is 31.5. The zero-order valence-electron chi connectivity index (χ0n) is 15.3. The minimum absolute atomic E-state index is 0.0986. The van der Waals surface area contributed by atoms with Crippen LogP contribution in [0.25, 0.3) is 11.0 Å². The van der Waals surface area contributed by atoms with Crippen molar-refractivity contribution >= 4 is 44.2 Å². The van der Waals surface area contributed by atoms with E-state index in [1.54, 1.807) is 38.1 Å². The van der Waals surface area contributed by atoms with E-state index in [1.165, 1.54) is 26.2 Å². The van der Waals surface area contributed by atoms with Crippen molar-refractivity contribution < 1.29 is 17.6 Å². The van der Waals surface area contributed by atoms with Gasteiger partial charge >= 0.3 is 0 Å². The summed E-state index contributed by atoms with van der Waals surface area (Å²) >= 11 is 6.01. The number of aryl methyl sites for hydroxylation is 2. The van der Waals surface area contributed by atoms with Crippen LogP contribution >= 0.6 is 11.6 Å². The molecule has 0 bridgehead atoms. The van der Waals surface area contributed by atoms with Crippen molar-refractivity contribution in [1.29, 1.82) is 0 Å². The third-order valence-electron chi connectivity index (χ3n) is 4.34. The largest absolute Gasteiger partial charge is 0.451 e. The van der Waals surface area contributed by atoms with E-state index in [0.717, 1.165) is 15.3 Å². The maximum absolute atomic E-state index is 12.7. The maximum Gasteiger partial charge on any atom is 0.291 e. The number of benzene rings is 2. The summed E-state index contributed by atoms with van der Waals surface area (Å²) in [5, 5.41) is 4.06. The molecule has 2 aromatic carbocycles. The van der Waals surface area contributed by atoms with Crippen LogP contribution in [0.3, 0.4) is 0 Å². The first-order chi connectivity index (χ1) is 12.6. The number of hydrogen-bond donors (Lipinski definition) is 1. The normalized spacial score (nSPS) is 11.9. The molecule has 1 heterocycles. The van der Waals surface area contributed by atoms with Crippen LogP contribution in [-0.4, -0.2) is 32.7 Å². The Bertz CT molecular complexity index is 1150. The molecule has 1 N–H and O–H groups in total. The van der Waals surface area contributed by atoms with Crippen LogP contribution in [-0.2, 0) is 10.0 Å². The highest BCUT2D eigenvalue weighted by molar-refractivity contribution is 7.89. The van der Waals surface area contributed by atoms with Crippen molar-refractivity contribution in [2.24, 2.45) is 0 Å². The highest BCUT2D eigenvalue weighted by atomic mass is 35.5. The molecule has 27 heavy (non-hydrogen) atoms. The first-order valence-corrected chi connectivity index (χ1v) is 9.96. The SMILES string of the molecule is Cc1ccc(S(=O)(=O)N(C)C)cc1NC(=O)c1oc2ccc(Cl)cc2c1C. The maximum atomic E-state index is 12.7. The zero-order chi connectivity index (χ0) is 19.9. The van der Waals surface area contributed by atoms with Gasteiger partial charge in [0.25, 0.3) is 5.91 Å². The van der Waals surface area contributed by atoms with E-state index in [4.69, 9.17) is 16.0 Å². The van der Waals surface area contributed by atoms with Crippen LogP contribution in [0, 0.1) is 13.8 Å². The number of halogens is 1. The van der Waals surface area contributed by atoms with E-state index in [2.05, 4.69) is 5.32 Å². The van der Waals surface area contributed by atoms with E-state index in [-0.39, 0.29) is 10.7 Å². The average Bonchev–Trinajstić information content (AvgIpc) is 2.93. The molecule has 0 aliphatic carbocycles. The van der Waals surface area contributed by atoms with Gasteiger partial charge in [-0.15, -0.1) is 0 Å². The molecule has 0 atom stereocenters. The number of furan rings is 1. The Morgan fingerprint density at radius 3 is 2.48 bits per heavy atom. The van der Waals surface area contributed by atoms with Gasteiger partial charge in [-0.25, -0.2) is 12.7 Å². The molecule has 3 aromatic rings. The Hall–Kier alpha value is -2.35. The summed E-state index contributed by atoms with van der Waals surface area (Å²) in [6.07, 6.45) is 0. The van der Waals surface area contributed by atoms with Crippen LogP contribution in [0.15, 0.2) is 45.7 Å². The highest BCUT2D eigenvalue weighted by Crippen LogP contribution is 2.29. The number of fused-ring (bicyclic) bond motifs is 1. The molecule has 0 radical (unpaired) electrons. The fourth-order valence-corrected chi connectivity index (χ4v) is 3.80. The number of nitrogens with zero attached hydrogens (tertiary/aromatic N) is 1.